The molecule has 4 nitrogen and oxygen atoms in total. The number of fused-ring (bicyclic) bond motifs is 6. The minimum atomic E-state index is 0.455. The molecule has 0 bridgehead atoms. The van der Waals surface area contributed by atoms with Gasteiger partial charge in [-0.2, -0.15) is 0 Å². The van der Waals surface area contributed by atoms with E-state index in [1.165, 1.54) is 43.7 Å². The number of hydrogen-bond acceptors (Lipinski definition) is 2. The summed E-state index contributed by atoms with van der Waals surface area (Å²) in [6.45, 7) is 0.455. The molecule has 50 heavy (non-hydrogen) atoms. The van der Waals surface area contributed by atoms with Crippen molar-refractivity contribution in [2.24, 2.45) is 10.7 Å². The first-order valence-electron chi connectivity index (χ1n) is 17.0. The van der Waals surface area contributed by atoms with Gasteiger partial charge < -0.3 is 14.9 Å². The van der Waals surface area contributed by atoms with Crippen LogP contribution in [0.3, 0.4) is 0 Å². The van der Waals surface area contributed by atoms with E-state index in [9.17, 15) is 0 Å². The molecule has 0 saturated carbocycles. The molecule has 0 aliphatic heterocycles. The summed E-state index contributed by atoms with van der Waals surface area (Å²) in [6.07, 6.45) is 1.99. The highest BCUT2D eigenvalue weighted by molar-refractivity contribution is 6.13. The average Bonchev–Trinajstić information content (AvgIpc) is 3.69. The first-order valence-corrected chi connectivity index (χ1v) is 17.0. The number of nitrogens with zero attached hydrogens (tertiary/aromatic N) is 3. The average molecular weight is 643 g/mol. The number of benzene rings is 7. The van der Waals surface area contributed by atoms with Crippen molar-refractivity contribution in [1.29, 1.82) is 0 Å². The molecule has 9 aromatic rings. The first kappa shape index (κ1) is 29.5. The van der Waals surface area contributed by atoms with Crippen molar-refractivity contribution in [3.8, 4) is 16.8 Å². The number of allylic oxidation sites excluding steroid dienone is 1. The second kappa shape index (κ2) is 12.4. The molecule has 0 aliphatic carbocycles. The van der Waals surface area contributed by atoms with Crippen molar-refractivity contribution in [2.75, 3.05) is 0 Å². The molecule has 0 aliphatic rings. The summed E-state index contributed by atoms with van der Waals surface area (Å²) in [5.41, 5.74) is 18.4. The second-order valence-electron chi connectivity index (χ2n) is 12.6. The van der Waals surface area contributed by atoms with Crippen LogP contribution in [0, 0.1) is 0 Å². The summed E-state index contributed by atoms with van der Waals surface area (Å²) >= 11 is 0. The lowest BCUT2D eigenvalue weighted by molar-refractivity contribution is 0.793. The summed E-state index contributed by atoms with van der Waals surface area (Å²) < 4.78 is 4.67. The topological polar surface area (TPSA) is 48.2 Å². The smallest absolute Gasteiger partial charge is 0.115 e. The van der Waals surface area contributed by atoms with E-state index in [1.807, 2.05) is 54.6 Å². The number of aromatic nitrogens is 2. The Morgan fingerprint density at radius 2 is 0.960 bits per heavy atom. The van der Waals surface area contributed by atoms with E-state index in [2.05, 4.69) is 137 Å². The minimum absolute atomic E-state index is 0.455. The van der Waals surface area contributed by atoms with Gasteiger partial charge in [0.1, 0.15) is 6.67 Å². The molecule has 0 radical (unpaired) electrons. The number of aliphatic imine (C=N–C) groups is 1. The molecule has 0 atom stereocenters. The third kappa shape index (κ3) is 5.15. The fraction of sp³-hybridized carbons (Fsp3) is 0.0217. The SMILES string of the molecule is NC(=CC(=NCn1c2ccccc2c2cc(-c3ccc4c(c3)c3ccccc3n4-c3ccccc3)ccc21)c1ccccc1)c1ccccc1. The Bertz CT molecular complexity index is 2720. The zero-order chi connectivity index (χ0) is 33.4. The number of rotatable bonds is 7. The van der Waals surface area contributed by atoms with Crippen LogP contribution >= 0.6 is 0 Å². The summed E-state index contributed by atoms with van der Waals surface area (Å²) in [5, 5.41) is 4.91. The van der Waals surface area contributed by atoms with Crippen LogP contribution in [-0.2, 0) is 6.67 Å². The van der Waals surface area contributed by atoms with Gasteiger partial charge in [0.2, 0.25) is 0 Å². The van der Waals surface area contributed by atoms with Gasteiger partial charge in [0.15, 0.2) is 0 Å². The Hall–Kier alpha value is -6.65. The fourth-order valence-electron chi connectivity index (χ4n) is 7.23. The predicted molar refractivity (Wildman–Crippen MR) is 211 cm³/mol. The van der Waals surface area contributed by atoms with Crippen molar-refractivity contribution in [2.45, 2.75) is 6.67 Å². The Balaban J connectivity index is 1.15. The monoisotopic (exact) mass is 642 g/mol. The fourth-order valence-corrected chi connectivity index (χ4v) is 7.23. The lowest BCUT2D eigenvalue weighted by atomic mass is 10.0. The molecule has 0 amide bonds. The maximum atomic E-state index is 6.60. The maximum Gasteiger partial charge on any atom is 0.115 e. The molecular weight excluding hydrogens is 609 g/mol. The largest absolute Gasteiger partial charge is 0.398 e. The third-order valence-corrected chi connectivity index (χ3v) is 9.64. The normalized spacial score (nSPS) is 12.4. The molecule has 0 fully saturated rings. The Morgan fingerprint density at radius 3 is 1.64 bits per heavy atom. The highest BCUT2D eigenvalue weighted by atomic mass is 15.1. The van der Waals surface area contributed by atoms with Crippen LogP contribution in [0.25, 0.3) is 66.1 Å². The minimum Gasteiger partial charge on any atom is -0.398 e. The Kier molecular flexibility index (Phi) is 7.33. The molecule has 4 heteroatoms. The van der Waals surface area contributed by atoms with Gasteiger partial charge in [0, 0.05) is 32.9 Å². The van der Waals surface area contributed by atoms with E-state index in [1.54, 1.807) is 0 Å². The molecule has 2 N–H and O–H groups in total. The summed E-state index contributed by atoms with van der Waals surface area (Å²) in [5.74, 6) is 0. The zero-order valence-electron chi connectivity index (χ0n) is 27.4. The highest BCUT2D eigenvalue weighted by Crippen LogP contribution is 2.37. The number of para-hydroxylation sites is 3. The quantitative estimate of drug-likeness (QED) is 0.173. The van der Waals surface area contributed by atoms with Crippen molar-refractivity contribution in [3.05, 3.63) is 193 Å². The van der Waals surface area contributed by atoms with Gasteiger partial charge in [-0.25, -0.2) is 0 Å². The standard InChI is InChI=1S/C46H34N4/c47-41(32-14-4-1-5-15-32)30-42(33-16-6-2-7-17-33)48-31-49-43-22-12-10-20-37(43)39-28-34(24-26-44(39)49)35-25-27-46-40(29-35)38-21-11-13-23-45(38)50(46)36-18-8-3-9-19-36/h1-30H,31,47H2. The van der Waals surface area contributed by atoms with Crippen molar-refractivity contribution in [3.63, 3.8) is 0 Å². The molecule has 238 valence electrons. The van der Waals surface area contributed by atoms with Crippen LogP contribution in [0.1, 0.15) is 11.1 Å². The van der Waals surface area contributed by atoms with Gasteiger partial charge >= 0.3 is 0 Å². The molecule has 9 rings (SSSR count). The molecule has 0 saturated heterocycles. The Morgan fingerprint density at radius 1 is 0.480 bits per heavy atom. The molecule has 0 spiro atoms. The zero-order valence-corrected chi connectivity index (χ0v) is 27.4. The molecule has 0 unspecified atom stereocenters. The van der Waals surface area contributed by atoms with Crippen molar-refractivity contribution in [1.82, 2.24) is 9.13 Å². The van der Waals surface area contributed by atoms with E-state index < -0.39 is 0 Å². The van der Waals surface area contributed by atoms with E-state index >= 15 is 0 Å². The van der Waals surface area contributed by atoms with Gasteiger partial charge in [0.25, 0.3) is 0 Å². The molecular formula is C46H34N4. The van der Waals surface area contributed by atoms with Crippen molar-refractivity contribution >= 4 is 55.0 Å². The van der Waals surface area contributed by atoms with Crippen LogP contribution in [0.4, 0.5) is 0 Å². The number of hydrogen-bond donors (Lipinski definition) is 1. The van der Waals surface area contributed by atoms with E-state index in [0.717, 1.165) is 33.6 Å². The second-order valence-corrected chi connectivity index (χ2v) is 12.6. The molecule has 2 heterocycles. The lowest BCUT2D eigenvalue weighted by Gasteiger charge is -2.09. The van der Waals surface area contributed by atoms with E-state index in [4.69, 9.17) is 10.7 Å². The van der Waals surface area contributed by atoms with E-state index in [-0.39, 0.29) is 0 Å². The van der Waals surface area contributed by atoms with E-state index in [0.29, 0.717) is 12.4 Å². The van der Waals surface area contributed by atoms with Crippen LogP contribution < -0.4 is 5.73 Å². The van der Waals surface area contributed by atoms with Crippen LogP contribution in [0.15, 0.2) is 187 Å². The number of nitrogens with two attached hydrogens (primary N) is 1. The van der Waals surface area contributed by atoms with Crippen LogP contribution in [-0.4, -0.2) is 14.8 Å². The van der Waals surface area contributed by atoms with Gasteiger partial charge in [0.05, 0.1) is 27.8 Å². The van der Waals surface area contributed by atoms with Crippen molar-refractivity contribution < 1.29 is 0 Å². The van der Waals surface area contributed by atoms with Gasteiger partial charge in [-0.3, -0.25) is 4.99 Å². The van der Waals surface area contributed by atoms with Gasteiger partial charge in [-0.15, -0.1) is 0 Å². The summed E-state index contributed by atoms with van der Waals surface area (Å²) in [6, 6.07) is 61.9. The highest BCUT2D eigenvalue weighted by Gasteiger charge is 2.15. The van der Waals surface area contributed by atoms with Gasteiger partial charge in [-0.1, -0.05) is 127 Å². The summed E-state index contributed by atoms with van der Waals surface area (Å²) in [7, 11) is 0. The van der Waals surface area contributed by atoms with Gasteiger partial charge in [-0.05, 0) is 76.9 Å². The van der Waals surface area contributed by atoms with Crippen LogP contribution in [0.5, 0.6) is 0 Å². The molecule has 7 aromatic carbocycles. The van der Waals surface area contributed by atoms with Crippen LogP contribution in [0.2, 0.25) is 0 Å². The predicted octanol–water partition coefficient (Wildman–Crippen LogP) is 11.0. The molecule has 2 aromatic heterocycles. The first-order chi connectivity index (χ1) is 24.7. The third-order valence-electron chi connectivity index (χ3n) is 9.64. The maximum absolute atomic E-state index is 6.60. The Labute approximate surface area is 290 Å². The lowest BCUT2D eigenvalue weighted by Crippen LogP contribution is -2.06. The summed E-state index contributed by atoms with van der Waals surface area (Å²) in [4.78, 5) is 5.19.